The van der Waals surface area contributed by atoms with Crippen LogP contribution in [0.2, 0.25) is 0 Å². The zero-order valence-electron chi connectivity index (χ0n) is 8.49. The number of aliphatic hydroxyl groups excluding tert-OH is 1. The van der Waals surface area contributed by atoms with Crippen LogP contribution in [0.1, 0.15) is 10.4 Å². The third-order valence-corrected chi connectivity index (χ3v) is 1.90. The number of methoxy groups -OCH3 is 1. The lowest BCUT2D eigenvalue weighted by molar-refractivity contribution is 0.0945. The molecule has 1 aromatic rings. The summed E-state index contributed by atoms with van der Waals surface area (Å²) >= 11 is 0. The number of carbonyl (C=O) groups is 1. The standard InChI is InChI=1S/C10H14N2O3/c1-15-7-2-3-9(11)8(6-7)10(14)12-4-5-13/h2-3,6,13H,4-5,11H2,1H3,(H,12,14). The van der Waals surface area contributed by atoms with Crippen molar-refractivity contribution < 1.29 is 14.6 Å². The predicted octanol–water partition coefficient (Wildman–Crippen LogP) is -0.000500. The Kier molecular flexibility index (Phi) is 3.93. The molecule has 0 heterocycles. The Morgan fingerprint density at radius 1 is 1.60 bits per heavy atom. The molecule has 0 unspecified atom stereocenters. The summed E-state index contributed by atoms with van der Waals surface area (Å²) in [4.78, 5) is 11.5. The van der Waals surface area contributed by atoms with Crippen LogP contribution in [0.15, 0.2) is 18.2 Å². The van der Waals surface area contributed by atoms with Crippen molar-refractivity contribution in [3.05, 3.63) is 23.8 Å². The summed E-state index contributed by atoms with van der Waals surface area (Å²) in [7, 11) is 1.51. The molecule has 0 atom stereocenters. The number of amides is 1. The molecule has 5 nitrogen and oxygen atoms in total. The van der Waals surface area contributed by atoms with E-state index in [0.29, 0.717) is 17.0 Å². The van der Waals surface area contributed by atoms with Gasteiger partial charge in [-0.1, -0.05) is 0 Å². The minimum absolute atomic E-state index is 0.102. The lowest BCUT2D eigenvalue weighted by Crippen LogP contribution is -2.27. The SMILES string of the molecule is COc1ccc(N)c(C(=O)NCCO)c1. The summed E-state index contributed by atoms with van der Waals surface area (Å²) in [5, 5.41) is 11.1. The van der Waals surface area contributed by atoms with Crippen LogP contribution < -0.4 is 15.8 Å². The molecule has 0 saturated carbocycles. The number of nitrogens with two attached hydrogens (primary N) is 1. The number of ether oxygens (including phenoxy) is 1. The van der Waals surface area contributed by atoms with Gasteiger partial charge in [0.05, 0.1) is 19.3 Å². The van der Waals surface area contributed by atoms with Crippen LogP contribution in [0.3, 0.4) is 0 Å². The van der Waals surface area contributed by atoms with Gasteiger partial charge in [-0.3, -0.25) is 4.79 Å². The summed E-state index contributed by atoms with van der Waals surface area (Å²) in [6, 6.07) is 4.84. The molecule has 0 aliphatic carbocycles. The molecule has 0 saturated heterocycles. The van der Waals surface area contributed by atoms with Gasteiger partial charge in [0.1, 0.15) is 5.75 Å². The van der Waals surface area contributed by atoms with Gasteiger partial charge in [0, 0.05) is 12.2 Å². The molecule has 5 heteroatoms. The molecule has 0 aromatic heterocycles. The summed E-state index contributed by atoms with van der Waals surface area (Å²) in [6.45, 7) is 0.102. The normalized spacial score (nSPS) is 9.73. The minimum Gasteiger partial charge on any atom is -0.497 e. The van der Waals surface area contributed by atoms with E-state index >= 15 is 0 Å². The molecular formula is C10H14N2O3. The molecule has 1 amide bonds. The van der Waals surface area contributed by atoms with Gasteiger partial charge in [-0.05, 0) is 18.2 Å². The zero-order chi connectivity index (χ0) is 11.3. The van der Waals surface area contributed by atoms with E-state index in [1.54, 1.807) is 18.2 Å². The van der Waals surface area contributed by atoms with Gasteiger partial charge in [0.2, 0.25) is 0 Å². The average molecular weight is 210 g/mol. The molecule has 0 aliphatic rings. The maximum atomic E-state index is 11.5. The van der Waals surface area contributed by atoms with Crippen LogP contribution >= 0.6 is 0 Å². The highest BCUT2D eigenvalue weighted by molar-refractivity contribution is 5.99. The molecule has 1 rings (SSSR count). The maximum absolute atomic E-state index is 11.5. The van der Waals surface area contributed by atoms with E-state index < -0.39 is 0 Å². The Morgan fingerprint density at radius 2 is 2.33 bits per heavy atom. The molecule has 0 fully saturated rings. The van der Waals surface area contributed by atoms with Gasteiger partial charge in [0.15, 0.2) is 0 Å². The fraction of sp³-hybridized carbons (Fsp3) is 0.300. The van der Waals surface area contributed by atoms with Crippen molar-refractivity contribution in [1.29, 1.82) is 0 Å². The van der Waals surface area contributed by atoms with Gasteiger partial charge in [0.25, 0.3) is 5.91 Å². The van der Waals surface area contributed by atoms with Crippen LogP contribution in [-0.2, 0) is 0 Å². The first-order valence-corrected chi connectivity index (χ1v) is 4.51. The van der Waals surface area contributed by atoms with E-state index in [9.17, 15) is 4.79 Å². The van der Waals surface area contributed by atoms with Crippen molar-refractivity contribution in [3.63, 3.8) is 0 Å². The predicted molar refractivity (Wildman–Crippen MR) is 56.8 cm³/mol. The zero-order valence-corrected chi connectivity index (χ0v) is 8.49. The van der Waals surface area contributed by atoms with Crippen LogP contribution in [0, 0.1) is 0 Å². The van der Waals surface area contributed by atoms with Crippen molar-refractivity contribution in [2.24, 2.45) is 0 Å². The van der Waals surface area contributed by atoms with Gasteiger partial charge in [-0.2, -0.15) is 0 Å². The van der Waals surface area contributed by atoms with Gasteiger partial charge in [-0.25, -0.2) is 0 Å². The molecular weight excluding hydrogens is 196 g/mol. The average Bonchev–Trinajstić information content (AvgIpc) is 2.26. The van der Waals surface area contributed by atoms with E-state index in [4.69, 9.17) is 15.6 Å². The van der Waals surface area contributed by atoms with Gasteiger partial charge in [-0.15, -0.1) is 0 Å². The molecule has 0 aliphatic heterocycles. The van der Waals surface area contributed by atoms with E-state index in [2.05, 4.69) is 5.32 Å². The van der Waals surface area contributed by atoms with Gasteiger partial charge >= 0.3 is 0 Å². The number of aliphatic hydroxyl groups is 1. The number of nitrogen functional groups attached to an aromatic ring is 1. The Morgan fingerprint density at radius 3 is 2.93 bits per heavy atom. The van der Waals surface area contributed by atoms with Crippen molar-refractivity contribution >= 4 is 11.6 Å². The summed E-state index contributed by atoms with van der Waals surface area (Å²) in [5.41, 5.74) is 6.37. The Hall–Kier alpha value is -1.75. The second-order valence-electron chi connectivity index (χ2n) is 2.93. The van der Waals surface area contributed by atoms with Crippen LogP contribution in [-0.4, -0.2) is 31.3 Å². The summed E-state index contributed by atoms with van der Waals surface area (Å²) in [5.74, 6) is 0.249. The third kappa shape index (κ3) is 2.85. The Bertz CT molecular complexity index is 353. The molecule has 4 N–H and O–H groups in total. The smallest absolute Gasteiger partial charge is 0.253 e. The number of benzene rings is 1. The third-order valence-electron chi connectivity index (χ3n) is 1.90. The van der Waals surface area contributed by atoms with E-state index in [0.717, 1.165) is 0 Å². The van der Waals surface area contributed by atoms with E-state index in [-0.39, 0.29) is 19.1 Å². The molecule has 82 valence electrons. The molecule has 0 spiro atoms. The second kappa shape index (κ2) is 5.21. The first-order chi connectivity index (χ1) is 7.19. The van der Waals surface area contributed by atoms with Gasteiger partial charge < -0.3 is 20.9 Å². The first-order valence-electron chi connectivity index (χ1n) is 4.51. The van der Waals surface area contributed by atoms with Crippen LogP contribution in [0.4, 0.5) is 5.69 Å². The highest BCUT2D eigenvalue weighted by atomic mass is 16.5. The van der Waals surface area contributed by atoms with E-state index in [1.807, 2.05) is 0 Å². The molecule has 15 heavy (non-hydrogen) atoms. The van der Waals surface area contributed by atoms with Crippen LogP contribution in [0.5, 0.6) is 5.75 Å². The highest BCUT2D eigenvalue weighted by Gasteiger charge is 2.09. The topological polar surface area (TPSA) is 84.6 Å². The lowest BCUT2D eigenvalue weighted by atomic mass is 10.1. The fourth-order valence-corrected chi connectivity index (χ4v) is 1.12. The van der Waals surface area contributed by atoms with Crippen molar-refractivity contribution in [2.75, 3.05) is 26.0 Å². The Balaban J connectivity index is 2.86. The number of hydrogen-bond donors (Lipinski definition) is 3. The van der Waals surface area contributed by atoms with Crippen LogP contribution in [0.25, 0.3) is 0 Å². The lowest BCUT2D eigenvalue weighted by Gasteiger charge is -2.08. The second-order valence-corrected chi connectivity index (χ2v) is 2.93. The Labute approximate surface area is 87.9 Å². The molecule has 1 aromatic carbocycles. The van der Waals surface area contributed by atoms with E-state index in [1.165, 1.54) is 7.11 Å². The van der Waals surface area contributed by atoms with Crippen molar-refractivity contribution in [1.82, 2.24) is 5.32 Å². The van der Waals surface area contributed by atoms with Crippen molar-refractivity contribution in [2.45, 2.75) is 0 Å². The number of hydrogen-bond acceptors (Lipinski definition) is 4. The largest absolute Gasteiger partial charge is 0.497 e. The maximum Gasteiger partial charge on any atom is 0.253 e. The fourth-order valence-electron chi connectivity index (χ4n) is 1.12. The molecule has 0 bridgehead atoms. The number of rotatable bonds is 4. The monoisotopic (exact) mass is 210 g/mol. The minimum atomic E-state index is -0.319. The number of nitrogens with one attached hydrogen (secondary N) is 1. The highest BCUT2D eigenvalue weighted by Crippen LogP contribution is 2.19. The summed E-state index contributed by atoms with van der Waals surface area (Å²) < 4.78 is 4.98. The number of carbonyl (C=O) groups excluding carboxylic acids is 1. The van der Waals surface area contributed by atoms with Crippen molar-refractivity contribution in [3.8, 4) is 5.75 Å². The number of anilines is 1. The first kappa shape index (κ1) is 11.3. The quantitative estimate of drug-likeness (QED) is 0.611. The molecule has 0 radical (unpaired) electrons. The summed E-state index contributed by atoms with van der Waals surface area (Å²) in [6.07, 6.45) is 0.